The maximum Gasteiger partial charge on any atom is 0.225 e. The van der Waals surface area contributed by atoms with E-state index in [4.69, 9.17) is 9.47 Å². The van der Waals surface area contributed by atoms with E-state index in [0.29, 0.717) is 26.2 Å². The Morgan fingerprint density at radius 3 is 2.41 bits per heavy atom. The summed E-state index contributed by atoms with van der Waals surface area (Å²) in [5.41, 5.74) is 0.828. The Morgan fingerprint density at radius 1 is 1.07 bits per heavy atom. The third-order valence-corrected chi connectivity index (χ3v) is 4.15. The van der Waals surface area contributed by atoms with Gasteiger partial charge in [0.15, 0.2) is 17.5 Å². The second-order valence-electron chi connectivity index (χ2n) is 7.72. The Hall–Kier alpha value is -2.44. The maximum atomic E-state index is 11.9. The number of carbonyl (C=O) groups is 1. The van der Waals surface area contributed by atoms with Crippen LogP contribution in [0.25, 0.3) is 0 Å². The number of ether oxygens (including phenoxy) is 2. The minimum Gasteiger partial charge on any atom is -0.493 e. The molecule has 1 amide bonds. The normalized spacial score (nSPS) is 11.7. The molecule has 7 heteroatoms. The first-order chi connectivity index (χ1) is 13.8. The van der Waals surface area contributed by atoms with Gasteiger partial charge < -0.3 is 25.4 Å². The Kier molecular flexibility index (Phi) is 10.9. The topological polar surface area (TPSA) is 84.0 Å². The van der Waals surface area contributed by atoms with Crippen LogP contribution in [0, 0.1) is 5.41 Å². The Balaban J connectivity index is 2.45. The van der Waals surface area contributed by atoms with Gasteiger partial charge in [-0.25, -0.2) is 0 Å². The van der Waals surface area contributed by atoms with Crippen LogP contribution in [-0.4, -0.2) is 51.8 Å². The maximum absolute atomic E-state index is 11.9. The van der Waals surface area contributed by atoms with Gasteiger partial charge in [0.25, 0.3) is 0 Å². The number of rotatable bonds is 11. The fourth-order valence-electron chi connectivity index (χ4n) is 2.58. The molecule has 3 N–H and O–H groups in total. The molecule has 164 valence electrons. The lowest BCUT2D eigenvalue weighted by Gasteiger charge is -2.18. The van der Waals surface area contributed by atoms with Crippen molar-refractivity contribution in [1.29, 1.82) is 0 Å². The number of aryl methyl sites for hydroxylation is 1. The Bertz CT molecular complexity index is 654. The summed E-state index contributed by atoms with van der Waals surface area (Å²) < 4.78 is 11.0. The minimum absolute atomic E-state index is 0.0483. The standard InChI is InChI=1S/C22H38N4O3/c1-7-23-21(26-15-14-24-20(27)22(3,4)5)25-13-9-10-17-11-12-18(28-6)19(16-17)29-8-2/h11-12,16H,7-10,13-15H2,1-6H3,(H,24,27)(H2,23,25,26). The lowest BCUT2D eigenvalue weighted by Crippen LogP contribution is -2.43. The number of nitrogens with zero attached hydrogens (tertiary/aromatic N) is 1. The predicted octanol–water partition coefficient (Wildman–Crippen LogP) is 2.74. The lowest BCUT2D eigenvalue weighted by molar-refractivity contribution is -0.128. The van der Waals surface area contributed by atoms with Crippen molar-refractivity contribution in [3.05, 3.63) is 23.8 Å². The van der Waals surface area contributed by atoms with Crippen LogP contribution in [-0.2, 0) is 11.2 Å². The van der Waals surface area contributed by atoms with E-state index in [1.54, 1.807) is 7.11 Å². The van der Waals surface area contributed by atoms with Gasteiger partial charge in [-0.05, 0) is 44.4 Å². The van der Waals surface area contributed by atoms with Crippen molar-refractivity contribution in [2.45, 2.75) is 47.5 Å². The largest absolute Gasteiger partial charge is 0.493 e. The summed E-state index contributed by atoms with van der Waals surface area (Å²) in [6, 6.07) is 6.04. The van der Waals surface area contributed by atoms with Crippen LogP contribution in [0.5, 0.6) is 11.5 Å². The van der Waals surface area contributed by atoms with Crippen molar-refractivity contribution in [2.24, 2.45) is 10.4 Å². The van der Waals surface area contributed by atoms with Crippen LogP contribution in [0.3, 0.4) is 0 Å². The predicted molar refractivity (Wildman–Crippen MR) is 119 cm³/mol. The number of hydrogen-bond acceptors (Lipinski definition) is 4. The van der Waals surface area contributed by atoms with Crippen LogP contribution < -0.4 is 25.4 Å². The Morgan fingerprint density at radius 2 is 1.79 bits per heavy atom. The number of nitrogens with one attached hydrogen (secondary N) is 3. The van der Waals surface area contributed by atoms with Crippen molar-refractivity contribution < 1.29 is 14.3 Å². The van der Waals surface area contributed by atoms with Gasteiger partial charge in [0, 0.05) is 31.6 Å². The van der Waals surface area contributed by atoms with Crippen molar-refractivity contribution >= 4 is 11.9 Å². The second-order valence-corrected chi connectivity index (χ2v) is 7.72. The van der Waals surface area contributed by atoms with Gasteiger partial charge in [0.05, 0.1) is 13.7 Å². The molecule has 0 aliphatic rings. The van der Waals surface area contributed by atoms with Crippen molar-refractivity contribution in [3.8, 4) is 11.5 Å². The molecule has 0 unspecified atom stereocenters. The highest BCUT2D eigenvalue weighted by atomic mass is 16.5. The van der Waals surface area contributed by atoms with E-state index in [1.807, 2.05) is 46.8 Å². The summed E-state index contributed by atoms with van der Waals surface area (Å²) >= 11 is 0. The van der Waals surface area contributed by atoms with Gasteiger partial charge in [-0.15, -0.1) is 0 Å². The molecule has 0 radical (unpaired) electrons. The molecule has 7 nitrogen and oxygen atoms in total. The number of carbonyl (C=O) groups excluding carboxylic acids is 1. The Labute approximate surface area is 175 Å². The zero-order valence-corrected chi connectivity index (χ0v) is 18.9. The van der Waals surface area contributed by atoms with E-state index < -0.39 is 0 Å². The minimum atomic E-state index is -0.373. The van der Waals surface area contributed by atoms with E-state index in [9.17, 15) is 4.79 Å². The number of methoxy groups -OCH3 is 1. The van der Waals surface area contributed by atoms with Gasteiger partial charge in [0.1, 0.15) is 0 Å². The summed E-state index contributed by atoms with van der Waals surface area (Å²) in [5.74, 6) is 2.35. The molecule has 0 aliphatic carbocycles. The third kappa shape index (κ3) is 9.54. The second kappa shape index (κ2) is 12.9. The molecule has 0 saturated carbocycles. The molecule has 0 saturated heterocycles. The first-order valence-corrected chi connectivity index (χ1v) is 10.4. The SMILES string of the molecule is CCNC(=NCCCc1ccc(OC)c(OCC)c1)NCCNC(=O)C(C)(C)C. The van der Waals surface area contributed by atoms with Crippen LogP contribution >= 0.6 is 0 Å². The highest BCUT2D eigenvalue weighted by Gasteiger charge is 2.20. The molecule has 0 fully saturated rings. The van der Waals surface area contributed by atoms with Crippen LogP contribution in [0.15, 0.2) is 23.2 Å². The fourth-order valence-corrected chi connectivity index (χ4v) is 2.58. The van der Waals surface area contributed by atoms with Crippen molar-refractivity contribution in [2.75, 3.05) is 39.9 Å². The van der Waals surface area contributed by atoms with Crippen LogP contribution in [0.1, 0.15) is 46.6 Å². The first kappa shape index (κ1) is 24.6. The summed E-state index contributed by atoms with van der Waals surface area (Å²) in [5, 5.41) is 9.41. The van der Waals surface area contributed by atoms with Gasteiger partial charge >= 0.3 is 0 Å². The van der Waals surface area contributed by atoms with Crippen molar-refractivity contribution in [3.63, 3.8) is 0 Å². The third-order valence-electron chi connectivity index (χ3n) is 4.15. The van der Waals surface area contributed by atoms with Gasteiger partial charge in [-0.3, -0.25) is 9.79 Å². The van der Waals surface area contributed by atoms with Crippen LogP contribution in [0.2, 0.25) is 0 Å². The average Bonchev–Trinajstić information content (AvgIpc) is 2.67. The first-order valence-electron chi connectivity index (χ1n) is 10.4. The fraction of sp³-hybridized carbons (Fsp3) is 0.636. The summed E-state index contributed by atoms with van der Waals surface area (Å²) in [6.07, 6.45) is 1.84. The van der Waals surface area contributed by atoms with E-state index in [0.717, 1.165) is 36.8 Å². The zero-order valence-electron chi connectivity index (χ0n) is 18.9. The van der Waals surface area contributed by atoms with E-state index >= 15 is 0 Å². The molecule has 0 aliphatic heterocycles. The molecule has 0 aromatic heterocycles. The van der Waals surface area contributed by atoms with E-state index in [2.05, 4.69) is 27.0 Å². The van der Waals surface area contributed by atoms with E-state index in [-0.39, 0.29) is 11.3 Å². The highest BCUT2D eigenvalue weighted by molar-refractivity contribution is 5.81. The van der Waals surface area contributed by atoms with Gasteiger partial charge in [-0.1, -0.05) is 26.8 Å². The monoisotopic (exact) mass is 406 g/mol. The molecule has 1 rings (SSSR count). The zero-order chi connectivity index (χ0) is 21.7. The molecule has 0 spiro atoms. The highest BCUT2D eigenvalue weighted by Crippen LogP contribution is 2.28. The number of hydrogen-bond donors (Lipinski definition) is 3. The lowest BCUT2D eigenvalue weighted by atomic mass is 9.96. The molecule has 1 aromatic carbocycles. The van der Waals surface area contributed by atoms with Gasteiger partial charge in [-0.2, -0.15) is 0 Å². The van der Waals surface area contributed by atoms with Crippen molar-refractivity contribution in [1.82, 2.24) is 16.0 Å². The molecule has 1 aromatic rings. The number of amides is 1. The van der Waals surface area contributed by atoms with Crippen LogP contribution in [0.4, 0.5) is 0 Å². The number of aliphatic imine (C=N–C) groups is 1. The molecule has 0 heterocycles. The quantitative estimate of drug-likeness (QED) is 0.299. The number of benzene rings is 1. The summed E-state index contributed by atoms with van der Waals surface area (Å²) in [6.45, 7) is 13.0. The molecule has 29 heavy (non-hydrogen) atoms. The molecule has 0 atom stereocenters. The van der Waals surface area contributed by atoms with Gasteiger partial charge in [0.2, 0.25) is 5.91 Å². The molecule has 0 bridgehead atoms. The smallest absolute Gasteiger partial charge is 0.225 e. The average molecular weight is 407 g/mol. The van der Waals surface area contributed by atoms with E-state index in [1.165, 1.54) is 5.56 Å². The summed E-state index contributed by atoms with van der Waals surface area (Å²) in [4.78, 5) is 16.5. The molecular weight excluding hydrogens is 368 g/mol. The molecular formula is C22H38N4O3. The number of guanidine groups is 1. The summed E-state index contributed by atoms with van der Waals surface area (Å²) in [7, 11) is 1.65.